The molecule has 0 radical (unpaired) electrons. The molecule has 92 valence electrons. The highest BCUT2D eigenvalue weighted by atomic mass is 15.2. The van der Waals surface area contributed by atoms with Gasteiger partial charge in [-0.25, -0.2) is 4.98 Å². The van der Waals surface area contributed by atoms with Gasteiger partial charge < -0.3 is 10.6 Å². The Morgan fingerprint density at radius 3 is 2.78 bits per heavy atom. The van der Waals surface area contributed by atoms with Gasteiger partial charge in [0.25, 0.3) is 0 Å². The number of hydrogen-bond acceptors (Lipinski definition) is 4. The summed E-state index contributed by atoms with van der Waals surface area (Å²) in [4.78, 5) is 10.5. The average Bonchev–Trinajstić information content (AvgIpc) is 2.89. The van der Waals surface area contributed by atoms with Crippen molar-refractivity contribution in [2.24, 2.45) is 0 Å². The van der Waals surface area contributed by atoms with Crippen molar-refractivity contribution in [3.8, 4) is 0 Å². The molecule has 3 rings (SSSR count). The monoisotopic (exact) mass is 240 g/mol. The minimum atomic E-state index is 0.343. The highest BCUT2D eigenvalue weighted by Crippen LogP contribution is 2.29. The highest BCUT2D eigenvalue weighted by Gasteiger charge is 2.24. The summed E-state index contributed by atoms with van der Waals surface area (Å²) in [6.45, 7) is 2.02. The van der Waals surface area contributed by atoms with Crippen LogP contribution in [0.5, 0.6) is 0 Å². The first kappa shape index (κ1) is 11.0. The molecule has 0 aliphatic carbocycles. The molecule has 2 N–H and O–H groups in total. The van der Waals surface area contributed by atoms with Crippen molar-refractivity contribution in [1.82, 2.24) is 9.97 Å². The van der Waals surface area contributed by atoms with E-state index < -0.39 is 0 Å². The maximum absolute atomic E-state index is 5.62. The van der Waals surface area contributed by atoms with E-state index in [1.54, 1.807) is 6.20 Å². The smallest absolute Gasteiger partial charge is 0.221 e. The highest BCUT2D eigenvalue weighted by molar-refractivity contribution is 5.43. The van der Waals surface area contributed by atoms with Crippen molar-refractivity contribution in [3.05, 3.63) is 48.2 Å². The van der Waals surface area contributed by atoms with E-state index in [9.17, 15) is 0 Å². The predicted octanol–water partition coefficient (Wildman–Crippen LogP) is 2.05. The summed E-state index contributed by atoms with van der Waals surface area (Å²) in [7, 11) is 0. The Kier molecular flexibility index (Phi) is 2.84. The largest absolute Gasteiger partial charge is 0.368 e. The summed E-state index contributed by atoms with van der Waals surface area (Å²) >= 11 is 0. The number of nitrogen functional groups attached to an aromatic ring is 1. The molecule has 1 fully saturated rings. The van der Waals surface area contributed by atoms with Gasteiger partial charge in [0.15, 0.2) is 0 Å². The minimum absolute atomic E-state index is 0.343. The number of anilines is 2. The lowest BCUT2D eigenvalue weighted by Crippen LogP contribution is -2.20. The summed E-state index contributed by atoms with van der Waals surface area (Å²) in [5.74, 6) is 1.86. The maximum atomic E-state index is 5.62. The lowest BCUT2D eigenvalue weighted by molar-refractivity contribution is 0.774. The normalized spacial score (nSPS) is 19.1. The Morgan fingerprint density at radius 1 is 1.17 bits per heavy atom. The van der Waals surface area contributed by atoms with Crippen LogP contribution in [0.1, 0.15) is 17.9 Å². The Balaban J connectivity index is 1.76. The molecule has 4 nitrogen and oxygen atoms in total. The van der Waals surface area contributed by atoms with E-state index in [1.165, 1.54) is 5.56 Å². The second-order valence-electron chi connectivity index (χ2n) is 4.62. The summed E-state index contributed by atoms with van der Waals surface area (Å²) in [6.07, 6.45) is 2.88. The number of hydrogen-bond donors (Lipinski definition) is 1. The van der Waals surface area contributed by atoms with Crippen LogP contribution in [0, 0.1) is 0 Å². The summed E-state index contributed by atoms with van der Waals surface area (Å²) in [5, 5.41) is 0. The fourth-order valence-corrected chi connectivity index (χ4v) is 2.51. The molecular formula is C14H16N4. The molecule has 0 saturated carbocycles. The molecular weight excluding hydrogens is 224 g/mol. The lowest BCUT2D eigenvalue weighted by atomic mass is 9.99. The number of rotatable bonds is 2. The molecule has 0 bridgehead atoms. The van der Waals surface area contributed by atoms with E-state index in [-0.39, 0.29) is 0 Å². The molecule has 1 saturated heterocycles. The second-order valence-corrected chi connectivity index (χ2v) is 4.62. The third-order valence-corrected chi connectivity index (χ3v) is 3.44. The van der Waals surface area contributed by atoms with Crippen LogP contribution in [0.25, 0.3) is 0 Å². The van der Waals surface area contributed by atoms with Crippen LogP contribution in [-0.2, 0) is 0 Å². The first-order valence-corrected chi connectivity index (χ1v) is 6.21. The van der Waals surface area contributed by atoms with Crippen LogP contribution >= 0.6 is 0 Å². The van der Waals surface area contributed by atoms with Crippen LogP contribution in [0.3, 0.4) is 0 Å². The van der Waals surface area contributed by atoms with Gasteiger partial charge in [-0.1, -0.05) is 30.3 Å². The zero-order valence-corrected chi connectivity index (χ0v) is 10.2. The standard InChI is InChI=1S/C14H16N4/c15-14-16-8-6-13(17-14)18-9-7-12(10-18)11-4-2-1-3-5-11/h1-6,8,12H,7,9-10H2,(H2,15,16,17). The number of nitrogens with two attached hydrogens (primary N) is 1. The first-order chi connectivity index (χ1) is 8.83. The van der Waals surface area contributed by atoms with E-state index in [2.05, 4.69) is 45.2 Å². The molecule has 4 heteroatoms. The zero-order valence-electron chi connectivity index (χ0n) is 10.2. The van der Waals surface area contributed by atoms with Crippen molar-refractivity contribution in [2.45, 2.75) is 12.3 Å². The van der Waals surface area contributed by atoms with Crippen molar-refractivity contribution in [2.75, 3.05) is 23.7 Å². The van der Waals surface area contributed by atoms with Gasteiger partial charge in [0, 0.05) is 25.2 Å². The van der Waals surface area contributed by atoms with Crippen LogP contribution in [0.15, 0.2) is 42.6 Å². The first-order valence-electron chi connectivity index (χ1n) is 6.21. The van der Waals surface area contributed by atoms with E-state index >= 15 is 0 Å². The van der Waals surface area contributed by atoms with Gasteiger partial charge in [0.2, 0.25) is 5.95 Å². The van der Waals surface area contributed by atoms with Crippen LogP contribution < -0.4 is 10.6 Å². The third-order valence-electron chi connectivity index (χ3n) is 3.44. The molecule has 1 aliphatic heterocycles. The minimum Gasteiger partial charge on any atom is -0.368 e. The molecule has 1 aliphatic rings. The van der Waals surface area contributed by atoms with E-state index in [4.69, 9.17) is 5.73 Å². The molecule has 1 atom stereocenters. The molecule has 0 amide bonds. The molecule has 1 unspecified atom stereocenters. The van der Waals surface area contributed by atoms with Gasteiger partial charge >= 0.3 is 0 Å². The predicted molar refractivity (Wildman–Crippen MR) is 72.5 cm³/mol. The average molecular weight is 240 g/mol. The molecule has 18 heavy (non-hydrogen) atoms. The van der Waals surface area contributed by atoms with Gasteiger partial charge in [0.05, 0.1) is 0 Å². The SMILES string of the molecule is Nc1nccc(N2CCC(c3ccccc3)C2)n1. The Morgan fingerprint density at radius 2 is 2.00 bits per heavy atom. The quantitative estimate of drug-likeness (QED) is 0.873. The van der Waals surface area contributed by atoms with Gasteiger partial charge in [-0.15, -0.1) is 0 Å². The molecule has 2 heterocycles. The van der Waals surface area contributed by atoms with Crippen molar-refractivity contribution < 1.29 is 0 Å². The van der Waals surface area contributed by atoms with E-state index in [0.717, 1.165) is 25.3 Å². The fourth-order valence-electron chi connectivity index (χ4n) is 2.51. The van der Waals surface area contributed by atoms with Gasteiger partial charge in [-0.2, -0.15) is 4.98 Å². The maximum Gasteiger partial charge on any atom is 0.221 e. The Labute approximate surface area is 106 Å². The fraction of sp³-hybridized carbons (Fsp3) is 0.286. The van der Waals surface area contributed by atoms with Gasteiger partial charge in [0.1, 0.15) is 5.82 Å². The van der Waals surface area contributed by atoms with Gasteiger partial charge in [-0.05, 0) is 18.1 Å². The summed E-state index contributed by atoms with van der Waals surface area (Å²) in [5.41, 5.74) is 7.03. The topological polar surface area (TPSA) is 55.0 Å². The van der Waals surface area contributed by atoms with Crippen LogP contribution in [0.4, 0.5) is 11.8 Å². The lowest BCUT2D eigenvalue weighted by Gasteiger charge is -2.17. The molecule has 0 spiro atoms. The molecule has 2 aromatic rings. The Bertz CT molecular complexity index is 526. The van der Waals surface area contributed by atoms with E-state index in [0.29, 0.717) is 11.9 Å². The van der Waals surface area contributed by atoms with Gasteiger partial charge in [-0.3, -0.25) is 0 Å². The van der Waals surface area contributed by atoms with Crippen LogP contribution in [-0.4, -0.2) is 23.1 Å². The zero-order chi connectivity index (χ0) is 12.4. The van der Waals surface area contributed by atoms with E-state index in [1.807, 2.05) is 6.07 Å². The number of benzene rings is 1. The number of nitrogens with zero attached hydrogens (tertiary/aromatic N) is 3. The van der Waals surface area contributed by atoms with Crippen molar-refractivity contribution >= 4 is 11.8 Å². The second kappa shape index (κ2) is 4.64. The third kappa shape index (κ3) is 2.14. The Hall–Kier alpha value is -2.10. The number of aromatic nitrogens is 2. The van der Waals surface area contributed by atoms with Crippen molar-refractivity contribution in [3.63, 3.8) is 0 Å². The molecule has 1 aromatic heterocycles. The van der Waals surface area contributed by atoms with Crippen molar-refractivity contribution in [1.29, 1.82) is 0 Å². The summed E-state index contributed by atoms with van der Waals surface area (Å²) < 4.78 is 0. The summed E-state index contributed by atoms with van der Waals surface area (Å²) in [6, 6.07) is 12.6. The van der Waals surface area contributed by atoms with Crippen LogP contribution in [0.2, 0.25) is 0 Å². The molecule has 1 aromatic carbocycles.